The summed E-state index contributed by atoms with van der Waals surface area (Å²) >= 11 is 0. The van der Waals surface area contributed by atoms with Crippen molar-refractivity contribution in [2.75, 3.05) is 12.8 Å². The number of sulfone groups is 1. The van der Waals surface area contributed by atoms with Gasteiger partial charge in [0.2, 0.25) is 0 Å². The first kappa shape index (κ1) is 18.1. The van der Waals surface area contributed by atoms with Crippen LogP contribution in [-0.4, -0.2) is 32.4 Å². The van der Waals surface area contributed by atoms with Crippen molar-refractivity contribution in [1.82, 2.24) is 5.32 Å². The zero-order chi connectivity index (χ0) is 16.3. The van der Waals surface area contributed by atoms with Crippen LogP contribution in [0.1, 0.15) is 45.7 Å². The molecule has 0 heterocycles. The maximum Gasteiger partial charge on any atom is 0.175 e. The van der Waals surface area contributed by atoms with E-state index in [2.05, 4.69) is 26.1 Å². The minimum Gasteiger partial charge on any atom is -0.392 e. The Morgan fingerprint density at radius 3 is 2.14 bits per heavy atom. The molecule has 120 valence electrons. The van der Waals surface area contributed by atoms with E-state index in [0.29, 0.717) is 11.4 Å². The fourth-order valence-corrected chi connectivity index (χ4v) is 2.84. The third-order valence-electron chi connectivity index (χ3n) is 3.32. The molecular weight excluding hydrogens is 286 g/mol. The van der Waals surface area contributed by atoms with Gasteiger partial charge in [-0.15, -0.1) is 0 Å². The van der Waals surface area contributed by atoms with E-state index in [0.717, 1.165) is 12.0 Å². The summed E-state index contributed by atoms with van der Waals surface area (Å²) < 4.78 is 22.8. The first-order chi connectivity index (χ1) is 9.49. The number of hydrogen-bond donors (Lipinski definition) is 2. The van der Waals surface area contributed by atoms with Gasteiger partial charge in [0, 0.05) is 18.8 Å². The third-order valence-corrected chi connectivity index (χ3v) is 4.44. The van der Waals surface area contributed by atoms with Crippen molar-refractivity contribution in [1.29, 1.82) is 0 Å². The Hall–Kier alpha value is -0.910. The van der Waals surface area contributed by atoms with E-state index in [1.165, 1.54) is 6.26 Å². The molecule has 0 amide bonds. The predicted molar refractivity (Wildman–Crippen MR) is 86.0 cm³/mol. The lowest BCUT2D eigenvalue weighted by Gasteiger charge is -2.24. The molecule has 5 heteroatoms. The van der Waals surface area contributed by atoms with E-state index in [1.54, 1.807) is 12.1 Å². The molecule has 0 aliphatic rings. The van der Waals surface area contributed by atoms with Crippen molar-refractivity contribution < 1.29 is 13.5 Å². The van der Waals surface area contributed by atoms with Crippen LogP contribution < -0.4 is 5.32 Å². The van der Waals surface area contributed by atoms with Gasteiger partial charge < -0.3 is 10.4 Å². The highest BCUT2D eigenvalue weighted by molar-refractivity contribution is 7.90. The van der Waals surface area contributed by atoms with Crippen LogP contribution in [0.15, 0.2) is 29.2 Å². The molecular formula is C16H27NO3S. The van der Waals surface area contributed by atoms with E-state index < -0.39 is 9.84 Å². The monoisotopic (exact) mass is 313 g/mol. The fraction of sp³-hybridized carbons (Fsp3) is 0.625. The lowest BCUT2D eigenvalue weighted by atomic mass is 9.89. The van der Waals surface area contributed by atoms with Gasteiger partial charge in [0.05, 0.1) is 11.0 Å². The van der Waals surface area contributed by atoms with Gasteiger partial charge in [-0.3, -0.25) is 0 Å². The van der Waals surface area contributed by atoms with Gasteiger partial charge in [-0.2, -0.15) is 0 Å². The van der Waals surface area contributed by atoms with Crippen LogP contribution in [0.3, 0.4) is 0 Å². The summed E-state index contributed by atoms with van der Waals surface area (Å²) in [6.45, 7) is 8.82. The lowest BCUT2D eigenvalue weighted by molar-refractivity contribution is 0.117. The van der Waals surface area contributed by atoms with Crippen LogP contribution in [0.2, 0.25) is 0 Å². The van der Waals surface area contributed by atoms with Crippen molar-refractivity contribution in [2.45, 2.75) is 51.2 Å². The lowest BCUT2D eigenvalue weighted by Crippen LogP contribution is -2.31. The minimum absolute atomic E-state index is 0.0632. The van der Waals surface area contributed by atoms with E-state index >= 15 is 0 Å². The summed E-state index contributed by atoms with van der Waals surface area (Å²) in [6.07, 6.45) is 1.55. The molecule has 0 saturated heterocycles. The maximum absolute atomic E-state index is 11.4. The van der Waals surface area contributed by atoms with E-state index in [1.807, 2.05) is 19.1 Å². The van der Waals surface area contributed by atoms with Crippen LogP contribution >= 0.6 is 0 Å². The molecule has 0 spiro atoms. The fourth-order valence-electron chi connectivity index (χ4n) is 2.21. The maximum atomic E-state index is 11.4. The molecule has 1 aromatic rings. The molecule has 2 unspecified atom stereocenters. The second-order valence-electron chi connectivity index (χ2n) is 6.89. The number of aliphatic hydroxyl groups excluding tert-OH is 1. The van der Waals surface area contributed by atoms with Crippen molar-refractivity contribution in [2.24, 2.45) is 5.41 Å². The van der Waals surface area contributed by atoms with Crippen LogP contribution in [0.5, 0.6) is 0 Å². The van der Waals surface area contributed by atoms with E-state index in [9.17, 15) is 13.5 Å². The van der Waals surface area contributed by atoms with Gasteiger partial charge in [-0.1, -0.05) is 32.9 Å². The SMILES string of the molecule is CC(NCC(O)CC(C)(C)C)c1ccc(S(C)(=O)=O)cc1. The number of hydrogen-bond acceptors (Lipinski definition) is 4. The molecule has 2 N–H and O–H groups in total. The van der Waals surface area contributed by atoms with Crippen LogP contribution in [0, 0.1) is 5.41 Å². The molecule has 0 bridgehead atoms. The first-order valence-corrected chi connectivity index (χ1v) is 9.09. The second-order valence-corrected chi connectivity index (χ2v) is 8.91. The average molecular weight is 313 g/mol. The Morgan fingerprint density at radius 2 is 1.71 bits per heavy atom. The van der Waals surface area contributed by atoms with Gasteiger partial charge in [-0.05, 0) is 36.5 Å². The minimum atomic E-state index is -3.15. The molecule has 0 fully saturated rings. The van der Waals surface area contributed by atoms with E-state index in [-0.39, 0.29) is 17.6 Å². The van der Waals surface area contributed by atoms with Gasteiger partial charge in [-0.25, -0.2) is 8.42 Å². The summed E-state index contributed by atoms with van der Waals surface area (Å²) in [5.74, 6) is 0. The van der Waals surface area contributed by atoms with Crippen molar-refractivity contribution in [3.8, 4) is 0 Å². The van der Waals surface area contributed by atoms with Gasteiger partial charge in [0.1, 0.15) is 0 Å². The van der Waals surface area contributed by atoms with Gasteiger partial charge in [0.25, 0.3) is 0 Å². The summed E-state index contributed by atoms with van der Waals surface area (Å²) in [7, 11) is -3.15. The van der Waals surface area contributed by atoms with Crippen LogP contribution in [-0.2, 0) is 9.84 Å². The molecule has 21 heavy (non-hydrogen) atoms. The van der Waals surface area contributed by atoms with Crippen LogP contribution in [0.25, 0.3) is 0 Å². The molecule has 0 radical (unpaired) electrons. The number of benzene rings is 1. The Kier molecular flexibility index (Phi) is 5.96. The summed E-state index contributed by atoms with van der Waals surface area (Å²) in [5.41, 5.74) is 1.10. The molecule has 0 aromatic heterocycles. The molecule has 0 aliphatic heterocycles. The van der Waals surface area contributed by atoms with Crippen LogP contribution in [0.4, 0.5) is 0 Å². The zero-order valence-corrected chi connectivity index (χ0v) is 14.4. The van der Waals surface area contributed by atoms with Gasteiger partial charge >= 0.3 is 0 Å². The Bertz CT molecular complexity index is 544. The second kappa shape index (κ2) is 6.90. The molecule has 1 rings (SSSR count). The summed E-state index contributed by atoms with van der Waals surface area (Å²) in [6, 6.07) is 6.92. The molecule has 0 saturated carbocycles. The summed E-state index contributed by atoms with van der Waals surface area (Å²) in [4.78, 5) is 0.325. The Labute approximate surface area is 128 Å². The average Bonchev–Trinajstić information content (AvgIpc) is 2.33. The molecule has 4 nitrogen and oxygen atoms in total. The van der Waals surface area contributed by atoms with Crippen molar-refractivity contribution in [3.63, 3.8) is 0 Å². The summed E-state index contributed by atoms with van der Waals surface area (Å²) in [5, 5.41) is 13.3. The normalized spacial score (nSPS) is 15.7. The molecule has 0 aliphatic carbocycles. The highest BCUT2D eigenvalue weighted by Gasteiger charge is 2.17. The topological polar surface area (TPSA) is 66.4 Å². The zero-order valence-electron chi connectivity index (χ0n) is 13.6. The van der Waals surface area contributed by atoms with Crippen molar-refractivity contribution in [3.05, 3.63) is 29.8 Å². The largest absolute Gasteiger partial charge is 0.392 e. The Balaban J connectivity index is 2.58. The molecule has 1 aromatic carbocycles. The van der Waals surface area contributed by atoms with Gasteiger partial charge in [0.15, 0.2) is 9.84 Å². The predicted octanol–water partition coefficient (Wildman–Crippen LogP) is 2.54. The third kappa shape index (κ3) is 6.59. The number of nitrogens with one attached hydrogen (secondary N) is 1. The standard InChI is InChI=1S/C16H27NO3S/c1-12(17-11-14(18)10-16(2,3)4)13-6-8-15(9-7-13)21(5,19)20/h6-9,12,14,17-18H,10-11H2,1-5H3. The molecule has 2 atom stereocenters. The highest BCUT2D eigenvalue weighted by atomic mass is 32.2. The highest BCUT2D eigenvalue weighted by Crippen LogP contribution is 2.21. The number of aliphatic hydroxyl groups is 1. The smallest absolute Gasteiger partial charge is 0.175 e. The van der Waals surface area contributed by atoms with E-state index in [4.69, 9.17) is 0 Å². The first-order valence-electron chi connectivity index (χ1n) is 7.20. The number of rotatable bonds is 6. The Morgan fingerprint density at radius 1 is 1.19 bits per heavy atom. The quantitative estimate of drug-likeness (QED) is 0.847. The van der Waals surface area contributed by atoms with Crippen molar-refractivity contribution >= 4 is 9.84 Å².